The van der Waals surface area contributed by atoms with Crippen LogP contribution in [0.15, 0.2) is 30.3 Å². The first-order valence-corrected chi connectivity index (χ1v) is 7.17. The maximum absolute atomic E-state index is 13.0. The zero-order chi connectivity index (χ0) is 17.7. The quantitative estimate of drug-likeness (QED) is 0.727. The van der Waals surface area contributed by atoms with Crippen molar-refractivity contribution in [2.75, 3.05) is 35.5 Å². The van der Waals surface area contributed by atoms with E-state index in [-0.39, 0.29) is 22.8 Å². The van der Waals surface area contributed by atoms with Gasteiger partial charge in [-0.1, -0.05) is 12.1 Å². The number of ketones is 1. The normalized spacial score (nSPS) is 10.0. The lowest BCUT2D eigenvalue weighted by Crippen LogP contribution is -2.08. The molecule has 0 heterocycles. The van der Waals surface area contributed by atoms with E-state index in [2.05, 4.69) is 0 Å². The molecule has 6 heteroatoms. The van der Waals surface area contributed by atoms with E-state index in [0.29, 0.717) is 22.8 Å². The van der Waals surface area contributed by atoms with Gasteiger partial charge < -0.3 is 23.7 Å². The van der Waals surface area contributed by atoms with E-state index in [1.807, 2.05) is 0 Å². The average Bonchev–Trinajstić information content (AvgIpc) is 2.65. The lowest BCUT2D eigenvalue weighted by atomic mass is 10.00. The number of rotatable bonds is 7. The molecule has 0 aliphatic heterocycles. The highest BCUT2D eigenvalue weighted by molar-refractivity contribution is 6.13. The van der Waals surface area contributed by atoms with E-state index in [1.165, 1.54) is 35.5 Å². The second kappa shape index (κ2) is 7.59. The molecule has 2 aromatic rings. The van der Waals surface area contributed by atoms with E-state index >= 15 is 0 Å². The van der Waals surface area contributed by atoms with Crippen LogP contribution in [0.1, 0.15) is 15.9 Å². The van der Waals surface area contributed by atoms with E-state index in [1.54, 1.807) is 30.3 Å². The fraction of sp³-hybridized carbons (Fsp3) is 0.278. The van der Waals surface area contributed by atoms with Crippen LogP contribution in [0.25, 0.3) is 0 Å². The Labute approximate surface area is 140 Å². The van der Waals surface area contributed by atoms with E-state index in [4.69, 9.17) is 23.7 Å². The van der Waals surface area contributed by atoms with Crippen molar-refractivity contribution in [1.82, 2.24) is 0 Å². The van der Waals surface area contributed by atoms with Crippen LogP contribution >= 0.6 is 0 Å². The van der Waals surface area contributed by atoms with Gasteiger partial charge in [0, 0.05) is 0 Å². The summed E-state index contributed by atoms with van der Waals surface area (Å²) >= 11 is 0. The molecular weight excluding hydrogens is 312 g/mol. The topological polar surface area (TPSA) is 63.2 Å². The van der Waals surface area contributed by atoms with Gasteiger partial charge in [0.15, 0.2) is 11.5 Å². The van der Waals surface area contributed by atoms with Gasteiger partial charge in [0.05, 0.1) is 46.7 Å². The van der Waals surface area contributed by atoms with Crippen LogP contribution in [0.4, 0.5) is 0 Å². The summed E-state index contributed by atoms with van der Waals surface area (Å²) < 4.78 is 26.7. The van der Waals surface area contributed by atoms with Gasteiger partial charge in [-0.05, 0) is 18.2 Å². The van der Waals surface area contributed by atoms with Crippen LogP contribution in [-0.2, 0) is 0 Å². The molecule has 0 saturated heterocycles. The van der Waals surface area contributed by atoms with Gasteiger partial charge in [0.1, 0.15) is 5.75 Å². The predicted molar refractivity (Wildman–Crippen MR) is 89.1 cm³/mol. The molecule has 0 aliphatic rings. The summed E-state index contributed by atoms with van der Waals surface area (Å²) in [6.45, 7) is 0. The number of carbonyl (C=O) groups is 1. The monoisotopic (exact) mass is 332 g/mol. The Morgan fingerprint density at radius 3 is 1.79 bits per heavy atom. The second-order valence-corrected chi connectivity index (χ2v) is 4.76. The molecule has 0 saturated carbocycles. The number of para-hydroxylation sites is 1. The van der Waals surface area contributed by atoms with Gasteiger partial charge in [-0.25, -0.2) is 0 Å². The Morgan fingerprint density at radius 1 is 0.667 bits per heavy atom. The number of methoxy groups -OCH3 is 5. The standard InChI is InChI=1S/C18H20O6/c1-20-13-9-7-6-8-11(13)15(19)12-10-14(21-2)17(23-4)18(24-5)16(12)22-3/h6-10H,1-5H3. The SMILES string of the molecule is COc1ccccc1C(=O)c1cc(OC)c(OC)c(OC)c1OC. The average molecular weight is 332 g/mol. The number of benzene rings is 2. The molecule has 0 unspecified atom stereocenters. The summed E-state index contributed by atoms with van der Waals surface area (Å²) in [6, 6.07) is 8.53. The molecule has 0 fully saturated rings. The molecule has 0 radical (unpaired) electrons. The lowest BCUT2D eigenvalue weighted by molar-refractivity contribution is 0.103. The molecule has 0 bridgehead atoms. The zero-order valence-corrected chi connectivity index (χ0v) is 14.3. The van der Waals surface area contributed by atoms with Crippen molar-refractivity contribution in [2.45, 2.75) is 0 Å². The lowest BCUT2D eigenvalue weighted by Gasteiger charge is -2.18. The summed E-state index contributed by atoms with van der Waals surface area (Å²) in [6.07, 6.45) is 0. The van der Waals surface area contributed by atoms with Crippen molar-refractivity contribution < 1.29 is 28.5 Å². The largest absolute Gasteiger partial charge is 0.496 e. The maximum atomic E-state index is 13.0. The van der Waals surface area contributed by atoms with Crippen LogP contribution in [0.2, 0.25) is 0 Å². The first kappa shape index (κ1) is 17.5. The summed E-state index contributed by atoms with van der Waals surface area (Å²) in [7, 11) is 7.42. The van der Waals surface area contributed by atoms with Crippen LogP contribution in [-0.4, -0.2) is 41.3 Å². The van der Waals surface area contributed by atoms with Crippen molar-refractivity contribution in [1.29, 1.82) is 0 Å². The first-order chi connectivity index (χ1) is 11.6. The number of hydrogen-bond donors (Lipinski definition) is 0. The molecule has 2 rings (SSSR count). The van der Waals surface area contributed by atoms with E-state index in [0.717, 1.165) is 0 Å². The van der Waals surface area contributed by atoms with Crippen LogP contribution in [0, 0.1) is 0 Å². The van der Waals surface area contributed by atoms with Crippen molar-refractivity contribution in [2.24, 2.45) is 0 Å². The Morgan fingerprint density at radius 2 is 1.25 bits per heavy atom. The summed E-state index contributed by atoms with van der Waals surface area (Å²) in [5.41, 5.74) is 0.698. The minimum atomic E-state index is -0.274. The number of carbonyl (C=O) groups excluding carboxylic acids is 1. The molecule has 128 valence electrons. The smallest absolute Gasteiger partial charge is 0.208 e. The molecule has 0 N–H and O–H groups in total. The van der Waals surface area contributed by atoms with Crippen molar-refractivity contribution in [3.05, 3.63) is 41.5 Å². The molecule has 24 heavy (non-hydrogen) atoms. The van der Waals surface area contributed by atoms with Gasteiger partial charge >= 0.3 is 0 Å². The third-order valence-corrected chi connectivity index (χ3v) is 3.58. The Hall–Kier alpha value is -2.89. The molecule has 0 amide bonds. The third kappa shape index (κ3) is 2.95. The summed E-state index contributed by atoms with van der Waals surface area (Å²) in [4.78, 5) is 13.0. The van der Waals surface area contributed by atoms with E-state index in [9.17, 15) is 4.79 Å². The summed E-state index contributed by atoms with van der Waals surface area (Å²) in [5, 5.41) is 0. The van der Waals surface area contributed by atoms with Gasteiger partial charge in [-0.15, -0.1) is 0 Å². The van der Waals surface area contributed by atoms with Gasteiger partial charge in [0.2, 0.25) is 17.3 Å². The minimum Gasteiger partial charge on any atom is -0.496 e. The highest BCUT2D eigenvalue weighted by Crippen LogP contribution is 2.47. The van der Waals surface area contributed by atoms with Crippen molar-refractivity contribution in [3.63, 3.8) is 0 Å². The van der Waals surface area contributed by atoms with Crippen molar-refractivity contribution in [3.8, 4) is 28.7 Å². The van der Waals surface area contributed by atoms with Crippen molar-refractivity contribution >= 4 is 5.78 Å². The Bertz CT molecular complexity index is 739. The highest BCUT2D eigenvalue weighted by Gasteiger charge is 2.27. The van der Waals surface area contributed by atoms with Gasteiger partial charge in [-0.3, -0.25) is 4.79 Å². The fourth-order valence-electron chi connectivity index (χ4n) is 2.48. The molecule has 2 aromatic carbocycles. The van der Waals surface area contributed by atoms with Crippen LogP contribution in [0.3, 0.4) is 0 Å². The van der Waals surface area contributed by atoms with Gasteiger partial charge in [-0.2, -0.15) is 0 Å². The third-order valence-electron chi connectivity index (χ3n) is 3.58. The first-order valence-electron chi connectivity index (χ1n) is 7.17. The van der Waals surface area contributed by atoms with Crippen LogP contribution in [0.5, 0.6) is 28.7 Å². The highest BCUT2D eigenvalue weighted by atomic mass is 16.5. The second-order valence-electron chi connectivity index (χ2n) is 4.76. The Balaban J connectivity index is 2.71. The predicted octanol–water partition coefficient (Wildman–Crippen LogP) is 2.96. The fourth-order valence-corrected chi connectivity index (χ4v) is 2.48. The molecule has 6 nitrogen and oxygen atoms in total. The zero-order valence-electron chi connectivity index (χ0n) is 14.3. The molecule has 0 aromatic heterocycles. The number of ether oxygens (including phenoxy) is 5. The van der Waals surface area contributed by atoms with E-state index < -0.39 is 0 Å². The molecule has 0 aliphatic carbocycles. The molecule has 0 atom stereocenters. The van der Waals surface area contributed by atoms with Gasteiger partial charge in [0.25, 0.3) is 0 Å². The Kier molecular flexibility index (Phi) is 5.52. The summed E-state index contributed by atoms with van der Waals surface area (Å²) in [5.74, 6) is 1.48. The molecule has 0 spiro atoms. The minimum absolute atomic E-state index is 0.269. The maximum Gasteiger partial charge on any atom is 0.208 e. The number of hydrogen-bond acceptors (Lipinski definition) is 6. The van der Waals surface area contributed by atoms with Crippen LogP contribution < -0.4 is 23.7 Å². The molecular formula is C18H20O6.